The molecular weight excluding hydrogens is 134 g/mol. The fraction of sp³-hybridized carbons (Fsp3) is 0.900. The molecule has 0 spiro atoms. The van der Waals surface area contributed by atoms with E-state index in [0.717, 1.165) is 12.8 Å². The smallest absolute Gasteiger partial charge is 0.0627 e. The first-order chi connectivity index (χ1) is 5.13. The van der Waals surface area contributed by atoms with Crippen molar-refractivity contribution in [3.8, 4) is 6.07 Å². The van der Waals surface area contributed by atoms with Crippen LogP contribution >= 0.6 is 0 Å². The maximum absolute atomic E-state index is 8.66. The molecule has 0 aromatic rings. The molecule has 0 aromatic heterocycles. The van der Waals surface area contributed by atoms with E-state index in [1.807, 2.05) is 0 Å². The van der Waals surface area contributed by atoms with Gasteiger partial charge < -0.3 is 0 Å². The van der Waals surface area contributed by atoms with Gasteiger partial charge in [0.25, 0.3) is 0 Å². The largest absolute Gasteiger partial charge is 0.198 e. The van der Waals surface area contributed by atoms with E-state index in [4.69, 9.17) is 5.26 Å². The zero-order chi connectivity index (χ0) is 8.91. The molecular formula is C10H19N. The molecule has 0 saturated heterocycles. The Morgan fingerprint density at radius 3 is 1.82 bits per heavy atom. The van der Waals surface area contributed by atoms with Gasteiger partial charge in [0.05, 0.1) is 6.07 Å². The standard InChI is InChI=1S/C10H19N/c1-5-10(6-2,7-8-11)9(3)4/h9H,5-7H2,1-4H3. The SMILES string of the molecule is CCC(CC)(CC#N)C(C)C. The summed E-state index contributed by atoms with van der Waals surface area (Å²) in [5.41, 5.74) is 0.273. The molecule has 0 bridgehead atoms. The average Bonchev–Trinajstić information content (AvgIpc) is 2.00. The van der Waals surface area contributed by atoms with Crippen molar-refractivity contribution in [3.63, 3.8) is 0 Å². The molecule has 1 nitrogen and oxygen atoms in total. The molecule has 0 N–H and O–H groups in total. The van der Waals surface area contributed by atoms with Gasteiger partial charge in [-0.2, -0.15) is 5.26 Å². The van der Waals surface area contributed by atoms with Crippen molar-refractivity contribution >= 4 is 0 Å². The van der Waals surface area contributed by atoms with Crippen LogP contribution in [0, 0.1) is 22.7 Å². The van der Waals surface area contributed by atoms with Crippen LogP contribution in [0.1, 0.15) is 47.0 Å². The number of hydrogen-bond donors (Lipinski definition) is 0. The van der Waals surface area contributed by atoms with Gasteiger partial charge in [-0.05, 0) is 24.2 Å². The Bertz CT molecular complexity index is 137. The molecule has 11 heavy (non-hydrogen) atoms. The quantitative estimate of drug-likeness (QED) is 0.607. The number of rotatable bonds is 4. The van der Waals surface area contributed by atoms with Crippen LogP contribution in [0.25, 0.3) is 0 Å². The van der Waals surface area contributed by atoms with Crippen molar-refractivity contribution in [2.75, 3.05) is 0 Å². The highest BCUT2D eigenvalue weighted by molar-refractivity contribution is 4.88. The summed E-state index contributed by atoms with van der Waals surface area (Å²) in [5.74, 6) is 0.622. The van der Waals surface area contributed by atoms with Gasteiger partial charge in [-0.3, -0.25) is 0 Å². The lowest BCUT2D eigenvalue weighted by Crippen LogP contribution is -2.24. The molecule has 0 heterocycles. The fourth-order valence-electron chi connectivity index (χ4n) is 1.68. The highest BCUT2D eigenvalue weighted by Crippen LogP contribution is 2.37. The van der Waals surface area contributed by atoms with Crippen molar-refractivity contribution in [3.05, 3.63) is 0 Å². The summed E-state index contributed by atoms with van der Waals surface area (Å²) in [7, 11) is 0. The topological polar surface area (TPSA) is 23.8 Å². The molecule has 0 rings (SSSR count). The van der Waals surface area contributed by atoms with Crippen LogP contribution in [0.2, 0.25) is 0 Å². The lowest BCUT2D eigenvalue weighted by atomic mass is 9.71. The van der Waals surface area contributed by atoms with Gasteiger partial charge in [0.15, 0.2) is 0 Å². The Hall–Kier alpha value is -0.510. The lowest BCUT2D eigenvalue weighted by Gasteiger charge is -2.33. The van der Waals surface area contributed by atoms with E-state index in [0.29, 0.717) is 12.3 Å². The summed E-state index contributed by atoms with van der Waals surface area (Å²) in [6, 6.07) is 2.29. The Morgan fingerprint density at radius 1 is 1.27 bits per heavy atom. The molecule has 0 amide bonds. The van der Waals surface area contributed by atoms with Crippen LogP contribution in [-0.2, 0) is 0 Å². The lowest BCUT2D eigenvalue weighted by molar-refractivity contribution is 0.176. The Labute approximate surface area is 70.4 Å². The summed E-state index contributed by atoms with van der Waals surface area (Å²) in [6.45, 7) is 8.79. The maximum Gasteiger partial charge on any atom is 0.0627 e. The Balaban J connectivity index is 4.35. The third-order valence-corrected chi connectivity index (χ3v) is 3.06. The Morgan fingerprint density at radius 2 is 1.73 bits per heavy atom. The molecule has 0 fully saturated rings. The highest BCUT2D eigenvalue weighted by Gasteiger charge is 2.29. The molecule has 0 radical (unpaired) electrons. The molecule has 1 heteroatoms. The predicted molar refractivity (Wildman–Crippen MR) is 48.1 cm³/mol. The minimum atomic E-state index is 0.273. The van der Waals surface area contributed by atoms with E-state index in [2.05, 4.69) is 33.8 Å². The van der Waals surface area contributed by atoms with Gasteiger partial charge in [0, 0.05) is 6.42 Å². The van der Waals surface area contributed by atoms with Gasteiger partial charge in [-0.15, -0.1) is 0 Å². The summed E-state index contributed by atoms with van der Waals surface area (Å²) < 4.78 is 0. The second-order valence-electron chi connectivity index (χ2n) is 3.56. The van der Waals surface area contributed by atoms with Crippen LogP contribution in [0.3, 0.4) is 0 Å². The van der Waals surface area contributed by atoms with Gasteiger partial charge in [-0.1, -0.05) is 27.7 Å². The van der Waals surface area contributed by atoms with Crippen molar-refractivity contribution in [2.45, 2.75) is 47.0 Å². The van der Waals surface area contributed by atoms with Crippen molar-refractivity contribution < 1.29 is 0 Å². The predicted octanol–water partition coefficient (Wildman–Crippen LogP) is 3.36. The maximum atomic E-state index is 8.66. The monoisotopic (exact) mass is 153 g/mol. The zero-order valence-corrected chi connectivity index (χ0v) is 8.15. The zero-order valence-electron chi connectivity index (χ0n) is 8.15. The summed E-state index contributed by atoms with van der Waals surface area (Å²) in [4.78, 5) is 0. The molecule has 0 aromatic carbocycles. The van der Waals surface area contributed by atoms with E-state index in [9.17, 15) is 0 Å². The second kappa shape index (κ2) is 4.38. The van der Waals surface area contributed by atoms with Crippen LogP contribution < -0.4 is 0 Å². The van der Waals surface area contributed by atoms with Gasteiger partial charge >= 0.3 is 0 Å². The third-order valence-electron chi connectivity index (χ3n) is 3.06. The minimum absolute atomic E-state index is 0.273. The summed E-state index contributed by atoms with van der Waals surface area (Å²) in [5, 5.41) is 8.66. The van der Waals surface area contributed by atoms with Crippen LogP contribution in [0.5, 0.6) is 0 Å². The normalized spacial score (nSPS) is 11.6. The summed E-state index contributed by atoms with van der Waals surface area (Å²) >= 11 is 0. The molecule has 0 aliphatic carbocycles. The molecule has 0 saturated carbocycles. The first kappa shape index (κ1) is 10.5. The van der Waals surface area contributed by atoms with Crippen molar-refractivity contribution in [1.82, 2.24) is 0 Å². The average molecular weight is 153 g/mol. The molecule has 0 aliphatic rings. The highest BCUT2D eigenvalue weighted by atomic mass is 14.4. The third kappa shape index (κ3) is 2.22. The first-order valence-electron chi connectivity index (χ1n) is 4.50. The summed E-state index contributed by atoms with van der Waals surface area (Å²) in [6.07, 6.45) is 2.95. The fourth-order valence-corrected chi connectivity index (χ4v) is 1.68. The molecule has 64 valence electrons. The van der Waals surface area contributed by atoms with E-state index in [-0.39, 0.29) is 5.41 Å². The van der Waals surface area contributed by atoms with E-state index < -0.39 is 0 Å². The van der Waals surface area contributed by atoms with Crippen molar-refractivity contribution in [2.24, 2.45) is 11.3 Å². The van der Waals surface area contributed by atoms with E-state index >= 15 is 0 Å². The molecule has 0 aliphatic heterocycles. The van der Waals surface area contributed by atoms with Gasteiger partial charge in [0.2, 0.25) is 0 Å². The van der Waals surface area contributed by atoms with Crippen LogP contribution in [0.15, 0.2) is 0 Å². The van der Waals surface area contributed by atoms with E-state index in [1.54, 1.807) is 0 Å². The van der Waals surface area contributed by atoms with E-state index in [1.165, 1.54) is 0 Å². The number of nitrogens with zero attached hydrogens (tertiary/aromatic N) is 1. The molecule has 0 unspecified atom stereocenters. The van der Waals surface area contributed by atoms with Gasteiger partial charge in [-0.25, -0.2) is 0 Å². The number of hydrogen-bond acceptors (Lipinski definition) is 1. The second-order valence-corrected chi connectivity index (χ2v) is 3.56. The molecule has 0 atom stereocenters. The van der Waals surface area contributed by atoms with Crippen LogP contribution in [0.4, 0.5) is 0 Å². The Kier molecular flexibility index (Phi) is 4.18. The van der Waals surface area contributed by atoms with Gasteiger partial charge in [0.1, 0.15) is 0 Å². The number of nitriles is 1. The first-order valence-corrected chi connectivity index (χ1v) is 4.50. The minimum Gasteiger partial charge on any atom is -0.198 e. The van der Waals surface area contributed by atoms with Crippen molar-refractivity contribution in [1.29, 1.82) is 5.26 Å². The van der Waals surface area contributed by atoms with Crippen LogP contribution in [-0.4, -0.2) is 0 Å².